The summed E-state index contributed by atoms with van der Waals surface area (Å²) in [6.07, 6.45) is 7.45. The van der Waals surface area contributed by atoms with Crippen molar-refractivity contribution in [1.29, 1.82) is 0 Å². The van der Waals surface area contributed by atoms with Gasteiger partial charge in [-0.15, -0.1) is 12.7 Å². The van der Waals surface area contributed by atoms with Gasteiger partial charge in [-0.05, 0) is 0 Å². The molecule has 0 aromatic carbocycles. The van der Waals surface area contributed by atoms with Gasteiger partial charge in [-0.1, -0.05) is 13.0 Å². The molecule has 0 N–H and O–H groups in total. The minimum absolute atomic E-state index is 1.02. The molecule has 0 nitrogen and oxygen atoms in total. The zero-order chi connectivity index (χ0) is 6.41. The van der Waals surface area contributed by atoms with Gasteiger partial charge in [0.25, 0.3) is 0 Å². The Bertz CT molecular complexity index is 107. The van der Waals surface area contributed by atoms with Gasteiger partial charge in [-0.25, -0.2) is 0 Å². The maximum Gasteiger partial charge on any atom is -0.0816 e. The minimum atomic E-state index is 1.02. The van der Waals surface area contributed by atoms with E-state index in [1.807, 2.05) is 25.5 Å². The second-order valence-electron chi connectivity index (χ2n) is 1.46. The molecular formula is C8H11-. The van der Waals surface area contributed by atoms with E-state index in [9.17, 15) is 0 Å². The largest absolute Gasteiger partial charge is 0.199 e. The lowest BCUT2D eigenvalue weighted by Crippen LogP contribution is -1.67. The lowest BCUT2D eigenvalue weighted by molar-refractivity contribution is 1.46. The predicted octanol–water partition coefficient (Wildman–Crippen LogP) is 2.51. The fourth-order valence-corrected chi connectivity index (χ4v) is 0.288. The first-order valence-electron chi connectivity index (χ1n) is 2.58. The van der Waals surface area contributed by atoms with E-state index in [0.29, 0.717) is 0 Å². The van der Waals surface area contributed by atoms with Gasteiger partial charge in [-0.3, -0.25) is 0 Å². The van der Waals surface area contributed by atoms with Crippen molar-refractivity contribution in [2.75, 3.05) is 0 Å². The second kappa shape index (κ2) is 4.25. The summed E-state index contributed by atoms with van der Waals surface area (Å²) in [5, 5.41) is 0. The molecule has 0 radical (unpaired) electrons. The van der Waals surface area contributed by atoms with E-state index >= 15 is 0 Å². The van der Waals surface area contributed by atoms with E-state index in [2.05, 4.69) is 13.2 Å². The minimum Gasteiger partial charge on any atom is -0.199 e. The second-order valence-corrected chi connectivity index (χ2v) is 1.46. The quantitative estimate of drug-likeness (QED) is 0.384. The van der Waals surface area contributed by atoms with Crippen LogP contribution in [0.3, 0.4) is 0 Å². The van der Waals surface area contributed by atoms with Gasteiger partial charge >= 0.3 is 0 Å². The van der Waals surface area contributed by atoms with Gasteiger partial charge in [0.1, 0.15) is 0 Å². The summed E-state index contributed by atoms with van der Waals surface area (Å²) in [7, 11) is 0. The van der Waals surface area contributed by atoms with E-state index in [1.165, 1.54) is 0 Å². The van der Waals surface area contributed by atoms with Crippen LogP contribution in [0.5, 0.6) is 0 Å². The van der Waals surface area contributed by atoms with Gasteiger partial charge in [0, 0.05) is 0 Å². The van der Waals surface area contributed by atoms with Gasteiger partial charge < -0.3 is 0 Å². The Morgan fingerprint density at radius 3 is 2.62 bits per heavy atom. The topological polar surface area (TPSA) is 0 Å². The van der Waals surface area contributed by atoms with Crippen molar-refractivity contribution in [2.24, 2.45) is 0 Å². The van der Waals surface area contributed by atoms with Crippen LogP contribution in [-0.2, 0) is 0 Å². The zero-order valence-electron chi connectivity index (χ0n) is 5.22. The lowest BCUT2D eigenvalue weighted by atomic mass is 10.2. The maximum absolute atomic E-state index is 3.72. The Morgan fingerprint density at radius 2 is 2.25 bits per heavy atom. The molecule has 0 aromatic heterocycles. The third kappa shape index (κ3) is 3.29. The fourth-order valence-electron chi connectivity index (χ4n) is 0.288. The summed E-state index contributed by atoms with van der Waals surface area (Å²) in [5.74, 6) is 0. The average molecular weight is 107 g/mol. The molecule has 0 aliphatic heterocycles. The molecule has 0 amide bonds. The third-order valence-corrected chi connectivity index (χ3v) is 0.817. The molecule has 0 rings (SSSR count). The van der Waals surface area contributed by atoms with Crippen LogP contribution in [0.1, 0.15) is 6.92 Å². The first-order chi connectivity index (χ1) is 3.81. The number of allylic oxidation sites excluding steroid dienone is 4. The molecule has 44 valence electrons. The van der Waals surface area contributed by atoms with E-state index in [4.69, 9.17) is 0 Å². The predicted molar refractivity (Wildman–Crippen MR) is 38.5 cm³/mol. The number of rotatable bonds is 3. The molecule has 0 heterocycles. The molecule has 0 bridgehead atoms. The SMILES string of the molecule is C=C/C=C\C(=C)[CH-]C. The Hall–Kier alpha value is -0.910. The van der Waals surface area contributed by atoms with Crippen molar-refractivity contribution in [3.63, 3.8) is 0 Å². The highest BCUT2D eigenvalue weighted by Gasteiger charge is 1.64. The highest BCUT2D eigenvalue weighted by atomic mass is 13.8. The summed E-state index contributed by atoms with van der Waals surface area (Å²) in [6.45, 7) is 9.20. The lowest BCUT2D eigenvalue weighted by Gasteiger charge is -1.98. The van der Waals surface area contributed by atoms with E-state index in [1.54, 1.807) is 6.08 Å². The smallest absolute Gasteiger partial charge is 0.0816 e. The first kappa shape index (κ1) is 7.09. The molecule has 0 spiro atoms. The highest BCUT2D eigenvalue weighted by molar-refractivity contribution is 5.24. The molecule has 0 heteroatoms. The van der Waals surface area contributed by atoms with E-state index in [-0.39, 0.29) is 0 Å². The van der Waals surface area contributed by atoms with Gasteiger partial charge in [-0.2, -0.15) is 24.6 Å². The van der Waals surface area contributed by atoms with Gasteiger partial charge in [0.15, 0.2) is 0 Å². The summed E-state index contributed by atoms with van der Waals surface area (Å²) >= 11 is 0. The summed E-state index contributed by atoms with van der Waals surface area (Å²) in [5.41, 5.74) is 1.02. The number of hydrogen-bond acceptors (Lipinski definition) is 0. The zero-order valence-corrected chi connectivity index (χ0v) is 5.22. The summed E-state index contributed by atoms with van der Waals surface area (Å²) < 4.78 is 0. The van der Waals surface area contributed by atoms with Crippen LogP contribution >= 0.6 is 0 Å². The molecule has 0 unspecified atom stereocenters. The maximum atomic E-state index is 3.72. The van der Waals surface area contributed by atoms with Crippen LogP contribution < -0.4 is 0 Å². The Labute approximate surface area is 51.2 Å². The van der Waals surface area contributed by atoms with Crippen LogP contribution in [0.15, 0.2) is 37.0 Å². The van der Waals surface area contributed by atoms with Gasteiger partial charge in [0.05, 0.1) is 0 Å². The van der Waals surface area contributed by atoms with E-state index < -0.39 is 0 Å². The highest BCUT2D eigenvalue weighted by Crippen LogP contribution is 1.95. The fraction of sp³-hybridized carbons (Fsp3) is 0.125. The summed E-state index contributed by atoms with van der Waals surface area (Å²) in [6, 6.07) is 0. The molecular weight excluding hydrogens is 96.1 g/mol. The molecule has 8 heavy (non-hydrogen) atoms. The Kier molecular flexibility index (Phi) is 3.77. The Morgan fingerprint density at radius 1 is 1.62 bits per heavy atom. The van der Waals surface area contributed by atoms with Crippen LogP contribution in [0.2, 0.25) is 0 Å². The average Bonchev–Trinajstić information content (AvgIpc) is 1.83. The van der Waals surface area contributed by atoms with Crippen molar-refractivity contribution in [3.05, 3.63) is 43.4 Å². The van der Waals surface area contributed by atoms with E-state index in [0.717, 1.165) is 5.57 Å². The molecule has 0 fully saturated rings. The molecule has 0 atom stereocenters. The Balaban J connectivity index is 3.52. The van der Waals surface area contributed by atoms with Gasteiger partial charge in [0.2, 0.25) is 0 Å². The van der Waals surface area contributed by atoms with Crippen LogP contribution in [0.4, 0.5) is 0 Å². The molecule has 0 saturated carbocycles. The molecule has 0 aromatic rings. The number of hydrogen-bond donors (Lipinski definition) is 0. The standard InChI is InChI=1S/C8H11/c1-4-6-7-8(3)5-2/h4-7H,1,3H2,2H3/q-1/b7-6-. The monoisotopic (exact) mass is 107 g/mol. The van der Waals surface area contributed by atoms with Crippen molar-refractivity contribution in [2.45, 2.75) is 6.92 Å². The summed E-state index contributed by atoms with van der Waals surface area (Å²) in [4.78, 5) is 0. The van der Waals surface area contributed by atoms with Crippen molar-refractivity contribution in [1.82, 2.24) is 0 Å². The third-order valence-electron chi connectivity index (χ3n) is 0.817. The molecule has 0 aliphatic rings. The first-order valence-corrected chi connectivity index (χ1v) is 2.58. The van der Waals surface area contributed by atoms with Crippen molar-refractivity contribution in [3.8, 4) is 0 Å². The van der Waals surface area contributed by atoms with Crippen LogP contribution in [0.25, 0.3) is 0 Å². The van der Waals surface area contributed by atoms with Crippen LogP contribution in [-0.4, -0.2) is 0 Å². The normalized spacial score (nSPS) is 9.12. The van der Waals surface area contributed by atoms with Crippen molar-refractivity contribution >= 4 is 0 Å². The van der Waals surface area contributed by atoms with Crippen LogP contribution in [0, 0.1) is 6.42 Å². The molecule has 0 saturated heterocycles. The van der Waals surface area contributed by atoms with Crippen molar-refractivity contribution < 1.29 is 0 Å². The molecule has 0 aliphatic carbocycles.